The molecule has 2 rings (SSSR count). The standard InChI is InChI=1S/C14H19BrN4O/c1-4-10-14(15)12(19(5-2)18-10)6-13(20)11-8-16-9(3)7-17-11/h7-8,13,20H,4-6H2,1-3H3. The van der Waals surface area contributed by atoms with Crippen molar-refractivity contribution in [1.29, 1.82) is 0 Å². The fourth-order valence-electron chi connectivity index (χ4n) is 2.07. The summed E-state index contributed by atoms with van der Waals surface area (Å²) in [6.07, 6.45) is 3.95. The van der Waals surface area contributed by atoms with Crippen molar-refractivity contribution in [3.8, 4) is 0 Å². The molecule has 0 aliphatic carbocycles. The molecule has 5 nitrogen and oxygen atoms in total. The van der Waals surface area contributed by atoms with Crippen LogP contribution in [-0.2, 0) is 19.4 Å². The van der Waals surface area contributed by atoms with Crippen LogP contribution in [0, 0.1) is 6.92 Å². The van der Waals surface area contributed by atoms with Crippen molar-refractivity contribution in [3.63, 3.8) is 0 Å². The zero-order valence-corrected chi connectivity index (χ0v) is 13.6. The van der Waals surface area contributed by atoms with Crippen LogP contribution < -0.4 is 0 Å². The van der Waals surface area contributed by atoms with Gasteiger partial charge in [-0.25, -0.2) is 0 Å². The van der Waals surface area contributed by atoms with Crippen LogP contribution in [0.25, 0.3) is 0 Å². The lowest BCUT2D eigenvalue weighted by atomic mass is 10.1. The number of hydrogen-bond acceptors (Lipinski definition) is 4. The minimum Gasteiger partial charge on any atom is -0.386 e. The molecule has 1 atom stereocenters. The Hall–Kier alpha value is -1.27. The van der Waals surface area contributed by atoms with Crippen LogP contribution in [0.5, 0.6) is 0 Å². The van der Waals surface area contributed by atoms with Gasteiger partial charge in [0.1, 0.15) is 6.10 Å². The minimum atomic E-state index is -0.675. The van der Waals surface area contributed by atoms with Gasteiger partial charge in [0, 0.05) is 19.2 Å². The summed E-state index contributed by atoms with van der Waals surface area (Å²) in [5.74, 6) is 0. The summed E-state index contributed by atoms with van der Waals surface area (Å²) in [6, 6.07) is 0. The molecule has 0 radical (unpaired) electrons. The van der Waals surface area contributed by atoms with Gasteiger partial charge < -0.3 is 5.11 Å². The summed E-state index contributed by atoms with van der Waals surface area (Å²) in [5, 5.41) is 14.9. The highest BCUT2D eigenvalue weighted by molar-refractivity contribution is 9.10. The maximum Gasteiger partial charge on any atom is 0.103 e. The number of nitrogens with zero attached hydrogens (tertiary/aromatic N) is 4. The fourth-order valence-corrected chi connectivity index (χ4v) is 2.80. The van der Waals surface area contributed by atoms with E-state index in [4.69, 9.17) is 0 Å². The highest BCUT2D eigenvalue weighted by atomic mass is 79.9. The van der Waals surface area contributed by atoms with Gasteiger partial charge in [0.05, 0.1) is 33.4 Å². The number of aliphatic hydroxyl groups is 1. The van der Waals surface area contributed by atoms with Crippen molar-refractivity contribution in [2.75, 3.05) is 0 Å². The molecule has 6 heteroatoms. The molecule has 0 fully saturated rings. The van der Waals surface area contributed by atoms with Gasteiger partial charge in [-0.05, 0) is 36.2 Å². The topological polar surface area (TPSA) is 63.8 Å². The molecule has 0 aromatic carbocycles. The van der Waals surface area contributed by atoms with Crippen LogP contribution in [-0.4, -0.2) is 24.9 Å². The van der Waals surface area contributed by atoms with Crippen molar-refractivity contribution in [3.05, 3.63) is 39.6 Å². The van der Waals surface area contributed by atoms with Gasteiger partial charge >= 0.3 is 0 Å². The summed E-state index contributed by atoms with van der Waals surface area (Å²) in [4.78, 5) is 8.40. The molecule has 0 bridgehead atoms. The van der Waals surface area contributed by atoms with E-state index in [9.17, 15) is 5.11 Å². The summed E-state index contributed by atoms with van der Waals surface area (Å²) in [5.41, 5.74) is 3.45. The average molecular weight is 339 g/mol. The number of hydrogen-bond donors (Lipinski definition) is 1. The van der Waals surface area contributed by atoms with Gasteiger partial charge in [0.2, 0.25) is 0 Å². The molecule has 108 valence electrons. The minimum absolute atomic E-state index is 0.471. The third-order valence-corrected chi connectivity index (χ3v) is 4.14. The van der Waals surface area contributed by atoms with Crippen LogP contribution in [0.4, 0.5) is 0 Å². The third kappa shape index (κ3) is 3.07. The normalized spacial score (nSPS) is 12.7. The number of halogens is 1. The Morgan fingerprint density at radius 1 is 1.30 bits per heavy atom. The van der Waals surface area contributed by atoms with Gasteiger partial charge in [0.25, 0.3) is 0 Å². The van der Waals surface area contributed by atoms with Crippen molar-refractivity contribution in [1.82, 2.24) is 19.7 Å². The molecule has 2 aromatic heterocycles. The van der Waals surface area contributed by atoms with E-state index < -0.39 is 6.10 Å². The van der Waals surface area contributed by atoms with Gasteiger partial charge in [-0.2, -0.15) is 5.10 Å². The van der Waals surface area contributed by atoms with E-state index in [0.29, 0.717) is 12.1 Å². The summed E-state index contributed by atoms with van der Waals surface area (Å²) in [6.45, 7) is 6.76. The lowest BCUT2D eigenvalue weighted by molar-refractivity contribution is 0.170. The van der Waals surface area contributed by atoms with Crippen molar-refractivity contribution < 1.29 is 5.11 Å². The largest absolute Gasteiger partial charge is 0.386 e. The Labute approximate surface area is 127 Å². The van der Waals surface area contributed by atoms with E-state index in [1.165, 1.54) is 0 Å². The van der Waals surface area contributed by atoms with E-state index in [2.05, 4.69) is 37.9 Å². The molecule has 0 saturated heterocycles. The predicted octanol–water partition coefficient (Wildman–Crippen LogP) is 2.60. The van der Waals surface area contributed by atoms with Crippen molar-refractivity contribution in [2.24, 2.45) is 0 Å². The summed E-state index contributed by atoms with van der Waals surface area (Å²) >= 11 is 3.59. The van der Waals surface area contributed by atoms with Crippen LogP contribution in [0.15, 0.2) is 16.9 Å². The molecule has 0 spiro atoms. The second-order valence-electron chi connectivity index (χ2n) is 4.68. The van der Waals surface area contributed by atoms with Gasteiger partial charge in [0.15, 0.2) is 0 Å². The second-order valence-corrected chi connectivity index (χ2v) is 5.47. The molecule has 2 aromatic rings. The molecular formula is C14H19BrN4O. The monoisotopic (exact) mass is 338 g/mol. The quantitative estimate of drug-likeness (QED) is 0.910. The molecule has 0 aliphatic heterocycles. The highest BCUT2D eigenvalue weighted by Gasteiger charge is 2.19. The zero-order valence-electron chi connectivity index (χ0n) is 12.0. The van der Waals surface area contributed by atoms with E-state index in [-0.39, 0.29) is 0 Å². The lowest BCUT2D eigenvalue weighted by Crippen LogP contribution is -2.10. The molecule has 0 saturated carbocycles. The van der Waals surface area contributed by atoms with E-state index in [1.54, 1.807) is 12.4 Å². The Morgan fingerprint density at radius 2 is 2.05 bits per heavy atom. The maximum atomic E-state index is 10.3. The van der Waals surface area contributed by atoms with E-state index in [0.717, 1.165) is 34.5 Å². The Balaban J connectivity index is 2.25. The zero-order chi connectivity index (χ0) is 14.7. The van der Waals surface area contributed by atoms with Crippen LogP contribution >= 0.6 is 15.9 Å². The van der Waals surface area contributed by atoms with Gasteiger partial charge in [-0.15, -0.1) is 0 Å². The first-order valence-corrected chi connectivity index (χ1v) is 7.56. The summed E-state index contributed by atoms with van der Waals surface area (Å²) < 4.78 is 2.91. The fraction of sp³-hybridized carbons (Fsp3) is 0.500. The second kappa shape index (κ2) is 6.45. The van der Waals surface area contributed by atoms with E-state index >= 15 is 0 Å². The molecule has 20 heavy (non-hydrogen) atoms. The number of aliphatic hydroxyl groups excluding tert-OH is 1. The average Bonchev–Trinajstić information content (AvgIpc) is 2.76. The maximum absolute atomic E-state index is 10.3. The molecule has 1 unspecified atom stereocenters. The van der Waals surface area contributed by atoms with Crippen LogP contribution in [0.2, 0.25) is 0 Å². The highest BCUT2D eigenvalue weighted by Crippen LogP contribution is 2.26. The summed E-state index contributed by atoms with van der Waals surface area (Å²) in [7, 11) is 0. The third-order valence-electron chi connectivity index (χ3n) is 3.22. The molecule has 1 N–H and O–H groups in total. The first-order valence-electron chi connectivity index (χ1n) is 6.77. The number of aromatic nitrogens is 4. The van der Waals surface area contributed by atoms with E-state index in [1.807, 2.05) is 18.5 Å². The number of rotatable bonds is 5. The van der Waals surface area contributed by atoms with Crippen molar-refractivity contribution in [2.45, 2.75) is 46.3 Å². The van der Waals surface area contributed by atoms with Gasteiger partial charge in [-0.1, -0.05) is 6.92 Å². The Morgan fingerprint density at radius 3 is 2.60 bits per heavy atom. The number of aryl methyl sites for hydroxylation is 3. The van der Waals surface area contributed by atoms with Crippen LogP contribution in [0.1, 0.15) is 42.7 Å². The Kier molecular flexibility index (Phi) is 4.88. The smallest absolute Gasteiger partial charge is 0.103 e. The SMILES string of the molecule is CCc1nn(CC)c(CC(O)c2cnc(C)cn2)c1Br. The molecular weight excluding hydrogens is 320 g/mol. The Bertz CT molecular complexity index is 580. The molecule has 0 amide bonds. The van der Waals surface area contributed by atoms with Crippen LogP contribution in [0.3, 0.4) is 0 Å². The lowest BCUT2D eigenvalue weighted by Gasteiger charge is -2.11. The molecule has 2 heterocycles. The first kappa shape index (κ1) is 15.1. The van der Waals surface area contributed by atoms with Crippen molar-refractivity contribution >= 4 is 15.9 Å². The predicted molar refractivity (Wildman–Crippen MR) is 80.4 cm³/mol. The molecule has 0 aliphatic rings. The first-order chi connectivity index (χ1) is 9.56. The van der Waals surface area contributed by atoms with Gasteiger partial charge in [-0.3, -0.25) is 14.6 Å².